The van der Waals surface area contributed by atoms with Gasteiger partial charge in [0, 0.05) is 7.05 Å². The number of aromatic nitrogens is 2. The fourth-order valence-electron chi connectivity index (χ4n) is 5.52. The van der Waals surface area contributed by atoms with Gasteiger partial charge >= 0.3 is 6.18 Å². The van der Waals surface area contributed by atoms with Gasteiger partial charge in [0.2, 0.25) is 5.88 Å². The van der Waals surface area contributed by atoms with Crippen molar-refractivity contribution in [2.75, 3.05) is 0 Å². The number of hydrogen-bond acceptors (Lipinski definition) is 6. The lowest BCUT2D eigenvalue weighted by molar-refractivity contribution is -0.141. The molecule has 2 saturated heterocycles. The lowest BCUT2D eigenvalue weighted by Crippen LogP contribution is -2.29. The van der Waals surface area contributed by atoms with Gasteiger partial charge in [-0.15, -0.1) is 0 Å². The van der Waals surface area contributed by atoms with E-state index in [0.29, 0.717) is 16.7 Å². The minimum atomic E-state index is -4.81. The van der Waals surface area contributed by atoms with Gasteiger partial charge in [-0.05, 0) is 55.5 Å². The van der Waals surface area contributed by atoms with Crippen LogP contribution in [0.2, 0.25) is 0 Å². The van der Waals surface area contributed by atoms with E-state index in [2.05, 4.69) is 5.10 Å². The Morgan fingerprint density at radius 1 is 1.18 bits per heavy atom. The van der Waals surface area contributed by atoms with Crippen molar-refractivity contribution in [2.24, 2.45) is 18.9 Å². The first-order valence-corrected chi connectivity index (χ1v) is 10.5. The smallest absolute Gasteiger partial charge is 0.436 e. The number of halogens is 3. The quantitative estimate of drug-likeness (QED) is 0.682. The Hall–Kier alpha value is -3.14. The molecule has 0 radical (unpaired) electrons. The van der Waals surface area contributed by atoms with Gasteiger partial charge in [0.05, 0.1) is 29.6 Å². The molecule has 10 heteroatoms. The van der Waals surface area contributed by atoms with Crippen LogP contribution in [-0.2, 0) is 22.8 Å². The average Bonchev–Trinajstić information content (AvgIpc) is 3.47. The number of benzene rings is 1. The molecule has 2 aliphatic heterocycles. The van der Waals surface area contributed by atoms with Crippen molar-refractivity contribution in [2.45, 2.75) is 45.1 Å². The normalized spacial score (nSPS) is 26.3. The van der Waals surface area contributed by atoms with Gasteiger partial charge in [0.1, 0.15) is 17.1 Å². The summed E-state index contributed by atoms with van der Waals surface area (Å²) in [5.74, 6) is -0.963. The number of aldehydes is 1. The molecule has 3 heterocycles. The highest BCUT2D eigenvalue weighted by Gasteiger charge is 2.59. The fourth-order valence-corrected chi connectivity index (χ4v) is 5.52. The van der Waals surface area contributed by atoms with Crippen LogP contribution in [0.25, 0.3) is 5.57 Å². The summed E-state index contributed by atoms with van der Waals surface area (Å²) in [5.41, 5.74) is 0.0579. The van der Waals surface area contributed by atoms with Crippen molar-refractivity contribution in [1.82, 2.24) is 9.78 Å². The third-order valence-corrected chi connectivity index (χ3v) is 6.78. The summed E-state index contributed by atoms with van der Waals surface area (Å²) >= 11 is 0. The summed E-state index contributed by atoms with van der Waals surface area (Å²) in [4.78, 5) is 24.6. The van der Waals surface area contributed by atoms with Gasteiger partial charge in [-0.1, -0.05) is 0 Å². The average molecular weight is 462 g/mol. The molecule has 2 fully saturated rings. The van der Waals surface area contributed by atoms with E-state index < -0.39 is 17.4 Å². The number of allylic oxidation sites excluding steroid dienone is 1. The molecule has 3 aliphatic rings. The van der Waals surface area contributed by atoms with E-state index in [1.807, 2.05) is 0 Å². The Morgan fingerprint density at radius 3 is 2.33 bits per heavy atom. The van der Waals surface area contributed by atoms with Crippen LogP contribution in [0.15, 0.2) is 17.9 Å². The zero-order valence-corrected chi connectivity index (χ0v) is 18.1. The van der Waals surface area contributed by atoms with Gasteiger partial charge in [-0.2, -0.15) is 18.3 Å². The molecule has 4 atom stereocenters. The number of ketones is 1. The molecule has 1 aromatic carbocycles. The van der Waals surface area contributed by atoms with Crippen molar-refractivity contribution >= 4 is 17.6 Å². The van der Waals surface area contributed by atoms with Crippen molar-refractivity contribution in [3.05, 3.63) is 45.8 Å². The predicted octanol–water partition coefficient (Wildman–Crippen LogP) is 4.31. The van der Waals surface area contributed by atoms with Gasteiger partial charge in [-0.3, -0.25) is 9.59 Å². The van der Waals surface area contributed by atoms with Gasteiger partial charge in [-0.25, -0.2) is 4.68 Å². The highest BCUT2D eigenvalue weighted by Crippen LogP contribution is 2.54. The maximum absolute atomic E-state index is 13.2. The third kappa shape index (κ3) is 3.11. The Morgan fingerprint density at radius 2 is 1.79 bits per heavy atom. The van der Waals surface area contributed by atoms with Crippen molar-refractivity contribution in [3.8, 4) is 11.6 Å². The second-order valence-electron chi connectivity index (χ2n) is 8.81. The second-order valence-corrected chi connectivity index (χ2v) is 8.81. The molecule has 5 rings (SSSR count). The zero-order chi connectivity index (χ0) is 23.8. The van der Waals surface area contributed by atoms with E-state index >= 15 is 0 Å². The van der Waals surface area contributed by atoms with Gasteiger partial charge in [0.25, 0.3) is 0 Å². The number of hydrogen-bond donors (Lipinski definition) is 1. The first-order valence-electron chi connectivity index (χ1n) is 10.5. The van der Waals surface area contributed by atoms with E-state index in [4.69, 9.17) is 9.47 Å². The molecule has 0 spiro atoms. The number of fused-ring (bicyclic) bond motifs is 5. The van der Waals surface area contributed by atoms with E-state index in [1.165, 1.54) is 7.05 Å². The Bertz CT molecular complexity index is 1210. The van der Waals surface area contributed by atoms with Crippen LogP contribution in [0.1, 0.15) is 45.6 Å². The summed E-state index contributed by atoms with van der Waals surface area (Å²) in [6.07, 6.45) is -3.46. The van der Waals surface area contributed by atoms with Crippen LogP contribution < -0.4 is 4.74 Å². The predicted molar refractivity (Wildman–Crippen MR) is 109 cm³/mol. The molecule has 1 aliphatic carbocycles. The van der Waals surface area contributed by atoms with E-state index in [1.54, 1.807) is 26.0 Å². The molecular formula is C23H21F3N2O5. The lowest BCUT2D eigenvalue weighted by atomic mass is 9.80. The Balaban J connectivity index is 1.52. The van der Waals surface area contributed by atoms with Gasteiger partial charge < -0.3 is 14.6 Å². The topological polar surface area (TPSA) is 90.6 Å². The van der Waals surface area contributed by atoms with Crippen LogP contribution in [0.5, 0.6) is 11.6 Å². The third-order valence-electron chi connectivity index (χ3n) is 6.78. The molecule has 0 amide bonds. The lowest BCUT2D eigenvalue weighted by Gasteiger charge is -2.19. The number of ether oxygens (including phenoxy) is 2. The SMILES string of the molecule is Cc1cc(Oc2c(C=O)c(C(F)(F)F)nn2C)cc(C)c1C1=C(O)[C@H]2[C@@H](C1=O)[C@@H]1CC[C@H]2O1. The highest BCUT2D eigenvalue weighted by molar-refractivity contribution is 6.26. The molecule has 174 valence electrons. The highest BCUT2D eigenvalue weighted by atomic mass is 19.4. The zero-order valence-electron chi connectivity index (χ0n) is 18.1. The molecule has 1 N–H and O–H groups in total. The number of rotatable bonds is 4. The molecule has 1 aromatic heterocycles. The van der Waals surface area contributed by atoms with Crippen molar-refractivity contribution < 1.29 is 37.3 Å². The van der Waals surface area contributed by atoms with E-state index in [-0.39, 0.29) is 59.1 Å². The molecule has 2 aromatic rings. The summed E-state index contributed by atoms with van der Waals surface area (Å²) in [7, 11) is 1.25. The first kappa shape index (κ1) is 21.7. The minimum absolute atomic E-state index is 0.0433. The van der Waals surface area contributed by atoms with E-state index in [9.17, 15) is 27.9 Å². The van der Waals surface area contributed by atoms with Crippen LogP contribution in [0.3, 0.4) is 0 Å². The maximum atomic E-state index is 13.2. The van der Waals surface area contributed by atoms with Crippen LogP contribution in [-0.4, -0.2) is 39.2 Å². The minimum Gasteiger partial charge on any atom is -0.511 e. The Kier molecular flexibility index (Phi) is 4.72. The largest absolute Gasteiger partial charge is 0.511 e. The summed E-state index contributed by atoms with van der Waals surface area (Å²) < 4.78 is 51.9. The number of carbonyl (C=O) groups is 2. The van der Waals surface area contributed by atoms with Gasteiger partial charge in [0.15, 0.2) is 17.8 Å². The number of aliphatic hydroxyl groups is 1. The van der Waals surface area contributed by atoms with Crippen LogP contribution >= 0.6 is 0 Å². The molecule has 0 saturated carbocycles. The molecule has 7 nitrogen and oxygen atoms in total. The number of carbonyl (C=O) groups excluding carboxylic acids is 2. The maximum Gasteiger partial charge on any atom is 0.436 e. The van der Waals surface area contributed by atoms with E-state index in [0.717, 1.165) is 17.5 Å². The molecule has 0 unspecified atom stereocenters. The summed E-state index contributed by atoms with van der Waals surface area (Å²) in [6, 6.07) is 3.12. The van der Waals surface area contributed by atoms with Crippen LogP contribution in [0.4, 0.5) is 13.2 Å². The number of nitrogens with zero attached hydrogens (tertiary/aromatic N) is 2. The van der Waals surface area contributed by atoms with Crippen LogP contribution in [0, 0.1) is 25.7 Å². The number of alkyl halides is 3. The molecular weight excluding hydrogens is 441 g/mol. The monoisotopic (exact) mass is 462 g/mol. The molecule has 33 heavy (non-hydrogen) atoms. The fraction of sp³-hybridized carbons (Fsp3) is 0.435. The van der Waals surface area contributed by atoms with Crippen molar-refractivity contribution in [3.63, 3.8) is 0 Å². The summed E-state index contributed by atoms with van der Waals surface area (Å²) in [5, 5.41) is 14.3. The first-order chi connectivity index (χ1) is 15.5. The number of aryl methyl sites for hydroxylation is 3. The number of Topliss-reactive ketones (excluding diaryl/α,β-unsaturated/α-hetero) is 1. The second kappa shape index (κ2) is 7.18. The molecule has 2 bridgehead atoms. The summed E-state index contributed by atoms with van der Waals surface area (Å²) in [6.45, 7) is 3.46. The standard InChI is InChI=1S/C23H21F3N2O5/c1-9-6-11(32-22-12(8-29)21(23(24,25)26)27-28(22)3)7-10(2)15(9)18-19(30)16-13-4-5-14(33-13)17(16)20(18)31/h6-8,13-14,16-17,30H,4-5H2,1-3H3/t13-,14+,16-,17+/m1/s1. The Labute approximate surface area is 186 Å². The number of aliphatic hydroxyl groups excluding tert-OH is 1. The van der Waals surface area contributed by atoms with Crippen molar-refractivity contribution in [1.29, 1.82) is 0 Å².